The zero-order valence-electron chi connectivity index (χ0n) is 14.9. The maximum absolute atomic E-state index is 12.0. The van der Waals surface area contributed by atoms with Crippen LogP contribution in [0.2, 0.25) is 0 Å². The Hall–Kier alpha value is -1.66. The van der Waals surface area contributed by atoms with Crippen molar-refractivity contribution in [1.82, 2.24) is 5.32 Å². The lowest BCUT2D eigenvalue weighted by molar-refractivity contribution is -0.159. The molecule has 1 aliphatic heterocycles. The highest BCUT2D eigenvalue weighted by molar-refractivity contribution is 7.40. The normalized spacial score (nSPS) is 19.6. The molecule has 0 aliphatic carbocycles. The van der Waals surface area contributed by atoms with Crippen molar-refractivity contribution in [3.63, 3.8) is 0 Å². The van der Waals surface area contributed by atoms with Crippen molar-refractivity contribution >= 4 is 20.0 Å². The molecule has 0 radical (unpaired) electrons. The number of carbonyl (C=O) groups is 2. The molecule has 8 heteroatoms. The largest absolute Gasteiger partial charge is 0.520 e. The molecule has 7 nitrogen and oxygen atoms in total. The van der Waals surface area contributed by atoms with E-state index in [1.54, 1.807) is 6.92 Å². The third-order valence-corrected chi connectivity index (χ3v) is 5.40. The highest BCUT2D eigenvalue weighted by Crippen LogP contribution is 2.26. The van der Waals surface area contributed by atoms with Crippen molar-refractivity contribution in [2.24, 2.45) is 5.73 Å². The molecule has 0 spiro atoms. The predicted octanol–water partition coefficient (Wildman–Crippen LogP) is 1.92. The van der Waals surface area contributed by atoms with Crippen molar-refractivity contribution in [3.8, 4) is 0 Å². The molecular weight excluding hydrogens is 355 g/mol. The third-order valence-electron chi connectivity index (χ3n) is 4.31. The lowest BCUT2D eigenvalue weighted by Gasteiger charge is -2.15. The van der Waals surface area contributed by atoms with Gasteiger partial charge in [0, 0.05) is 6.04 Å². The fraction of sp³-hybridized carbons (Fsp3) is 0.556. The van der Waals surface area contributed by atoms with E-state index in [1.807, 2.05) is 30.3 Å². The van der Waals surface area contributed by atoms with Crippen LogP contribution in [0.1, 0.15) is 31.7 Å². The standard InChI is InChI=1S/C18H26N2O5P/c1-13(15(19)10-9-14-6-3-2-4-7-14)25-26(23)12-17(21)24-18(22)16-8-5-11-20-16/h2-4,6-7,13,15-16,20H,5,8-12,19H2,1H3/q+1/t13?,15?,16-/m0/s1. The van der Waals surface area contributed by atoms with E-state index in [9.17, 15) is 14.2 Å². The van der Waals surface area contributed by atoms with Crippen LogP contribution in [0, 0.1) is 0 Å². The Morgan fingerprint density at radius 2 is 2.08 bits per heavy atom. The van der Waals surface area contributed by atoms with E-state index < -0.39 is 38.3 Å². The van der Waals surface area contributed by atoms with Gasteiger partial charge in [0.2, 0.25) is 0 Å². The first-order chi connectivity index (χ1) is 12.5. The Labute approximate surface area is 154 Å². The maximum atomic E-state index is 12.0. The summed E-state index contributed by atoms with van der Waals surface area (Å²) in [6.07, 6.45) is 2.04. The third kappa shape index (κ3) is 6.92. The van der Waals surface area contributed by atoms with Crippen LogP contribution in [-0.4, -0.2) is 42.8 Å². The lowest BCUT2D eigenvalue weighted by Crippen LogP contribution is -2.35. The molecule has 1 saturated heterocycles. The molecule has 0 saturated carbocycles. The summed E-state index contributed by atoms with van der Waals surface area (Å²) in [7, 11) is -2.28. The van der Waals surface area contributed by atoms with Crippen LogP contribution in [0.25, 0.3) is 0 Å². The van der Waals surface area contributed by atoms with Gasteiger partial charge in [-0.05, 0) is 49.3 Å². The van der Waals surface area contributed by atoms with Gasteiger partial charge in [-0.2, -0.15) is 0 Å². The summed E-state index contributed by atoms with van der Waals surface area (Å²) in [5, 5.41) is 2.94. The Kier molecular flexibility index (Phi) is 8.32. The summed E-state index contributed by atoms with van der Waals surface area (Å²) >= 11 is 0. The topological polar surface area (TPSA) is 108 Å². The summed E-state index contributed by atoms with van der Waals surface area (Å²) in [6, 6.07) is 9.15. The molecule has 1 aliphatic rings. The number of carbonyl (C=O) groups excluding carboxylic acids is 2. The van der Waals surface area contributed by atoms with Gasteiger partial charge < -0.3 is 15.8 Å². The molecule has 3 N–H and O–H groups in total. The second kappa shape index (κ2) is 10.5. The number of hydrogen-bond acceptors (Lipinski definition) is 7. The number of esters is 2. The number of hydrogen-bond donors (Lipinski definition) is 2. The summed E-state index contributed by atoms with van der Waals surface area (Å²) in [5.74, 6) is -1.46. The first-order valence-electron chi connectivity index (χ1n) is 8.84. The number of rotatable bonds is 9. The van der Waals surface area contributed by atoms with Crippen molar-refractivity contribution in [2.45, 2.75) is 50.8 Å². The Morgan fingerprint density at radius 1 is 1.35 bits per heavy atom. The van der Waals surface area contributed by atoms with Crippen LogP contribution in [0.15, 0.2) is 30.3 Å². The van der Waals surface area contributed by atoms with Crippen LogP contribution in [0.3, 0.4) is 0 Å². The number of aryl methyl sites for hydroxylation is 1. The molecular formula is C18H26N2O5P+. The van der Waals surface area contributed by atoms with Crippen LogP contribution < -0.4 is 11.1 Å². The van der Waals surface area contributed by atoms with Gasteiger partial charge in [0.15, 0.2) is 0 Å². The molecule has 1 aromatic carbocycles. The Balaban J connectivity index is 1.68. The molecule has 2 rings (SSSR count). The molecule has 1 heterocycles. The first-order valence-corrected chi connectivity index (χ1v) is 10.2. The first kappa shape index (κ1) is 20.6. The monoisotopic (exact) mass is 381 g/mol. The van der Waals surface area contributed by atoms with E-state index in [-0.39, 0.29) is 6.04 Å². The summed E-state index contributed by atoms with van der Waals surface area (Å²) in [5.41, 5.74) is 7.24. The fourth-order valence-corrected chi connectivity index (χ4v) is 3.60. The number of nitrogens with one attached hydrogen (secondary N) is 1. The van der Waals surface area contributed by atoms with Crippen molar-refractivity contribution in [1.29, 1.82) is 0 Å². The summed E-state index contributed by atoms with van der Waals surface area (Å²) in [6.45, 7) is 2.45. The quantitative estimate of drug-likeness (QED) is 0.382. The second-order valence-electron chi connectivity index (χ2n) is 6.43. The zero-order chi connectivity index (χ0) is 18.9. The van der Waals surface area contributed by atoms with Crippen LogP contribution in [-0.2, 0) is 29.8 Å². The van der Waals surface area contributed by atoms with Crippen molar-refractivity contribution in [3.05, 3.63) is 35.9 Å². The zero-order valence-corrected chi connectivity index (χ0v) is 15.8. The maximum Gasteiger partial charge on any atom is 0.520 e. The predicted molar refractivity (Wildman–Crippen MR) is 97.9 cm³/mol. The molecule has 26 heavy (non-hydrogen) atoms. The van der Waals surface area contributed by atoms with Gasteiger partial charge in [-0.25, -0.2) is 9.59 Å². The van der Waals surface area contributed by atoms with Gasteiger partial charge in [-0.3, -0.25) is 0 Å². The SMILES string of the molecule is CC(O[P+](=O)CC(=O)OC(=O)[C@@H]1CCCN1)C(N)CCc1ccccc1. The van der Waals surface area contributed by atoms with E-state index in [0.29, 0.717) is 12.8 Å². The second-order valence-corrected chi connectivity index (χ2v) is 7.62. The molecule has 1 aromatic rings. The minimum atomic E-state index is -2.28. The average molecular weight is 381 g/mol. The lowest BCUT2D eigenvalue weighted by atomic mass is 10.0. The smallest absolute Gasteiger partial charge is 0.389 e. The Morgan fingerprint density at radius 3 is 2.73 bits per heavy atom. The highest BCUT2D eigenvalue weighted by Gasteiger charge is 2.33. The van der Waals surface area contributed by atoms with E-state index in [1.165, 1.54) is 5.56 Å². The molecule has 142 valence electrons. The van der Waals surface area contributed by atoms with Gasteiger partial charge in [0.05, 0.1) is 0 Å². The van der Waals surface area contributed by atoms with Crippen LogP contribution in [0.4, 0.5) is 0 Å². The van der Waals surface area contributed by atoms with Gasteiger partial charge in [-0.15, -0.1) is 4.52 Å². The Bertz CT molecular complexity index is 619. The van der Waals surface area contributed by atoms with Crippen LogP contribution in [0.5, 0.6) is 0 Å². The van der Waals surface area contributed by atoms with E-state index >= 15 is 0 Å². The minimum absolute atomic E-state index is 0.311. The average Bonchev–Trinajstić information content (AvgIpc) is 3.15. The van der Waals surface area contributed by atoms with E-state index in [0.717, 1.165) is 19.4 Å². The summed E-state index contributed by atoms with van der Waals surface area (Å²) in [4.78, 5) is 23.4. The molecule has 1 fully saturated rings. The van der Waals surface area contributed by atoms with Crippen LogP contribution >= 0.6 is 8.03 Å². The van der Waals surface area contributed by atoms with Gasteiger partial charge in [0.25, 0.3) is 6.16 Å². The van der Waals surface area contributed by atoms with Crippen molar-refractivity contribution in [2.75, 3.05) is 12.7 Å². The molecule has 4 atom stereocenters. The van der Waals surface area contributed by atoms with Gasteiger partial charge >= 0.3 is 20.0 Å². The van der Waals surface area contributed by atoms with E-state index in [4.69, 9.17) is 15.0 Å². The fourth-order valence-electron chi connectivity index (χ4n) is 2.72. The number of nitrogens with two attached hydrogens (primary N) is 1. The molecule has 0 bridgehead atoms. The number of ether oxygens (including phenoxy) is 1. The minimum Gasteiger partial charge on any atom is -0.389 e. The molecule has 0 amide bonds. The molecule has 0 aromatic heterocycles. The molecule has 3 unspecified atom stereocenters. The van der Waals surface area contributed by atoms with Gasteiger partial charge in [0.1, 0.15) is 12.1 Å². The number of benzene rings is 1. The summed E-state index contributed by atoms with van der Waals surface area (Å²) < 4.78 is 22.0. The highest BCUT2D eigenvalue weighted by atomic mass is 31.1. The van der Waals surface area contributed by atoms with Crippen molar-refractivity contribution < 1.29 is 23.4 Å². The van der Waals surface area contributed by atoms with E-state index in [2.05, 4.69) is 5.32 Å². The van der Waals surface area contributed by atoms with Gasteiger partial charge in [-0.1, -0.05) is 30.3 Å².